The van der Waals surface area contributed by atoms with E-state index in [0.29, 0.717) is 5.75 Å². The maximum Gasteiger partial charge on any atom is 0.179 e. The summed E-state index contributed by atoms with van der Waals surface area (Å²) in [5.74, 6) is 0.474. The van der Waals surface area contributed by atoms with Crippen molar-refractivity contribution in [3.8, 4) is 5.75 Å². The van der Waals surface area contributed by atoms with Crippen molar-refractivity contribution in [1.82, 2.24) is 5.32 Å². The van der Waals surface area contributed by atoms with Crippen LogP contribution in [0.25, 0.3) is 0 Å². The summed E-state index contributed by atoms with van der Waals surface area (Å²) >= 11 is 0. The lowest BCUT2D eigenvalue weighted by Crippen LogP contribution is -2.34. The van der Waals surface area contributed by atoms with E-state index < -0.39 is 9.84 Å². The van der Waals surface area contributed by atoms with Crippen molar-refractivity contribution in [2.75, 3.05) is 19.3 Å². The highest BCUT2D eigenvalue weighted by Crippen LogP contribution is 2.25. The van der Waals surface area contributed by atoms with Gasteiger partial charge in [-0.2, -0.15) is 0 Å². The zero-order valence-electron chi connectivity index (χ0n) is 10.3. The van der Waals surface area contributed by atoms with Crippen LogP contribution in [0.5, 0.6) is 5.75 Å². The first-order valence-corrected chi connectivity index (χ1v) is 7.63. The van der Waals surface area contributed by atoms with E-state index in [1.807, 2.05) is 0 Å². The number of hydrogen-bond donors (Lipinski definition) is 1. The zero-order chi connectivity index (χ0) is 12.3. The van der Waals surface area contributed by atoms with Crippen molar-refractivity contribution in [2.45, 2.75) is 23.8 Å². The molecule has 0 radical (unpaired) electrons. The van der Waals surface area contributed by atoms with Gasteiger partial charge in [0.15, 0.2) is 9.84 Å². The number of para-hydroxylation sites is 1. The van der Waals surface area contributed by atoms with Crippen LogP contribution in [-0.2, 0) is 9.84 Å². The van der Waals surface area contributed by atoms with Crippen molar-refractivity contribution >= 4 is 22.2 Å². The second kappa shape index (κ2) is 6.41. The first-order valence-electron chi connectivity index (χ1n) is 5.74. The Hall–Kier alpha value is -0.780. The summed E-state index contributed by atoms with van der Waals surface area (Å²) < 4.78 is 29.0. The Kier molecular flexibility index (Phi) is 5.44. The Balaban J connectivity index is 0.00000162. The summed E-state index contributed by atoms with van der Waals surface area (Å²) in [5.41, 5.74) is 0. The van der Waals surface area contributed by atoms with Gasteiger partial charge in [0, 0.05) is 6.26 Å². The molecule has 0 spiro atoms. The Morgan fingerprint density at radius 3 is 2.44 bits per heavy atom. The molecule has 1 N–H and O–H groups in total. The lowest BCUT2D eigenvalue weighted by Gasteiger charge is -2.24. The molecule has 1 aliphatic heterocycles. The predicted octanol–water partition coefficient (Wildman–Crippen LogP) is 1.64. The molecule has 1 fully saturated rings. The third-order valence-corrected chi connectivity index (χ3v) is 3.96. The molecule has 0 amide bonds. The van der Waals surface area contributed by atoms with E-state index in [0.717, 1.165) is 25.9 Å². The number of benzene rings is 1. The number of sulfone groups is 1. The van der Waals surface area contributed by atoms with E-state index in [9.17, 15) is 8.42 Å². The number of halogens is 1. The molecule has 0 aromatic heterocycles. The fourth-order valence-corrected chi connectivity index (χ4v) is 2.75. The molecule has 1 saturated heterocycles. The molecule has 18 heavy (non-hydrogen) atoms. The van der Waals surface area contributed by atoms with Gasteiger partial charge in [0.2, 0.25) is 0 Å². The van der Waals surface area contributed by atoms with Gasteiger partial charge in [-0.05, 0) is 38.1 Å². The molecule has 0 bridgehead atoms. The lowest BCUT2D eigenvalue weighted by molar-refractivity contribution is 0.158. The molecular weight excluding hydrogens is 274 g/mol. The van der Waals surface area contributed by atoms with Gasteiger partial charge in [0.1, 0.15) is 16.7 Å². The normalized spacial score (nSPS) is 16.9. The highest BCUT2D eigenvalue weighted by molar-refractivity contribution is 7.90. The minimum Gasteiger partial charge on any atom is -0.489 e. The van der Waals surface area contributed by atoms with Gasteiger partial charge < -0.3 is 10.1 Å². The van der Waals surface area contributed by atoms with Crippen molar-refractivity contribution in [3.63, 3.8) is 0 Å². The van der Waals surface area contributed by atoms with E-state index in [-0.39, 0.29) is 23.4 Å². The van der Waals surface area contributed by atoms with Crippen molar-refractivity contribution in [2.24, 2.45) is 0 Å². The van der Waals surface area contributed by atoms with Gasteiger partial charge in [0.05, 0.1) is 0 Å². The second-order valence-corrected chi connectivity index (χ2v) is 6.27. The van der Waals surface area contributed by atoms with Crippen molar-refractivity contribution in [3.05, 3.63) is 24.3 Å². The molecule has 1 heterocycles. The molecule has 102 valence electrons. The van der Waals surface area contributed by atoms with Gasteiger partial charge in [-0.3, -0.25) is 0 Å². The first-order chi connectivity index (χ1) is 8.07. The molecule has 0 unspecified atom stereocenters. The Labute approximate surface area is 114 Å². The fourth-order valence-electron chi connectivity index (χ4n) is 1.95. The maximum absolute atomic E-state index is 11.6. The first kappa shape index (κ1) is 15.3. The Morgan fingerprint density at radius 1 is 1.22 bits per heavy atom. The van der Waals surface area contributed by atoms with E-state index in [4.69, 9.17) is 4.74 Å². The number of nitrogens with one attached hydrogen (secondary N) is 1. The predicted molar refractivity (Wildman–Crippen MR) is 73.3 cm³/mol. The highest BCUT2D eigenvalue weighted by Gasteiger charge is 2.19. The minimum absolute atomic E-state index is 0. The van der Waals surface area contributed by atoms with Gasteiger partial charge in [0.25, 0.3) is 0 Å². The molecular formula is C12H18ClNO3S. The minimum atomic E-state index is -3.22. The third kappa shape index (κ3) is 3.86. The van der Waals surface area contributed by atoms with Crippen LogP contribution >= 0.6 is 12.4 Å². The SMILES string of the molecule is CS(=O)(=O)c1ccccc1OC1CCNCC1.Cl. The zero-order valence-corrected chi connectivity index (χ0v) is 11.9. The molecule has 0 aliphatic carbocycles. The second-order valence-electron chi connectivity index (χ2n) is 4.29. The average Bonchev–Trinajstić information content (AvgIpc) is 2.30. The summed E-state index contributed by atoms with van der Waals surface area (Å²) in [6, 6.07) is 6.82. The molecule has 1 aromatic carbocycles. The van der Waals surface area contributed by atoms with Gasteiger partial charge in [-0.15, -0.1) is 12.4 Å². The summed E-state index contributed by atoms with van der Waals surface area (Å²) in [6.45, 7) is 1.84. The van der Waals surface area contributed by atoms with Crippen molar-refractivity contribution < 1.29 is 13.2 Å². The van der Waals surface area contributed by atoms with E-state index >= 15 is 0 Å². The van der Waals surface area contributed by atoms with E-state index in [1.165, 1.54) is 6.26 Å². The monoisotopic (exact) mass is 291 g/mol. The van der Waals surface area contributed by atoms with Crippen LogP contribution in [0.2, 0.25) is 0 Å². The molecule has 4 nitrogen and oxygen atoms in total. The van der Waals surface area contributed by atoms with Crippen LogP contribution in [-0.4, -0.2) is 33.9 Å². The molecule has 1 aromatic rings. The molecule has 1 aliphatic rings. The van der Waals surface area contributed by atoms with E-state index in [2.05, 4.69) is 5.32 Å². The summed E-state index contributed by atoms with van der Waals surface area (Å²) in [5, 5.41) is 3.25. The average molecular weight is 292 g/mol. The van der Waals surface area contributed by atoms with Crippen LogP contribution in [0.4, 0.5) is 0 Å². The van der Waals surface area contributed by atoms with Gasteiger partial charge >= 0.3 is 0 Å². The highest BCUT2D eigenvalue weighted by atomic mass is 35.5. The lowest BCUT2D eigenvalue weighted by atomic mass is 10.1. The topological polar surface area (TPSA) is 55.4 Å². The quantitative estimate of drug-likeness (QED) is 0.920. The maximum atomic E-state index is 11.6. The molecule has 2 rings (SSSR count). The van der Waals surface area contributed by atoms with E-state index in [1.54, 1.807) is 24.3 Å². The summed E-state index contributed by atoms with van der Waals surface area (Å²) in [7, 11) is -3.22. The van der Waals surface area contributed by atoms with Crippen LogP contribution in [0.15, 0.2) is 29.2 Å². The molecule has 6 heteroatoms. The number of hydrogen-bond acceptors (Lipinski definition) is 4. The smallest absolute Gasteiger partial charge is 0.179 e. The Bertz CT molecular complexity index is 484. The number of rotatable bonds is 3. The third-order valence-electron chi connectivity index (χ3n) is 2.83. The van der Waals surface area contributed by atoms with Gasteiger partial charge in [-0.1, -0.05) is 12.1 Å². The van der Waals surface area contributed by atoms with Crippen LogP contribution in [0.1, 0.15) is 12.8 Å². The van der Waals surface area contributed by atoms with Crippen LogP contribution in [0.3, 0.4) is 0 Å². The molecule has 0 atom stereocenters. The van der Waals surface area contributed by atoms with Crippen LogP contribution < -0.4 is 10.1 Å². The van der Waals surface area contributed by atoms with Crippen molar-refractivity contribution in [1.29, 1.82) is 0 Å². The number of ether oxygens (including phenoxy) is 1. The number of piperidine rings is 1. The Morgan fingerprint density at radius 2 is 1.83 bits per heavy atom. The standard InChI is InChI=1S/C12H17NO3S.ClH/c1-17(14,15)12-5-3-2-4-11(12)16-10-6-8-13-9-7-10;/h2-5,10,13H,6-9H2,1H3;1H. The summed E-state index contributed by atoms with van der Waals surface area (Å²) in [4.78, 5) is 0.276. The fraction of sp³-hybridized carbons (Fsp3) is 0.500. The van der Waals surface area contributed by atoms with Gasteiger partial charge in [-0.25, -0.2) is 8.42 Å². The largest absolute Gasteiger partial charge is 0.489 e. The summed E-state index contributed by atoms with van der Waals surface area (Å²) in [6.07, 6.45) is 3.15. The molecule has 0 saturated carbocycles. The van der Waals surface area contributed by atoms with Crippen LogP contribution in [0, 0.1) is 0 Å².